The van der Waals surface area contributed by atoms with E-state index in [1.54, 1.807) is 6.20 Å². The van der Waals surface area contributed by atoms with E-state index >= 15 is 0 Å². The molecule has 0 spiro atoms. The predicted octanol–water partition coefficient (Wildman–Crippen LogP) is 2.82. The first-order chi connectivity index (χ1) is 10.2. The molecular weight excluding hydrogens is 284 g/mol. The summed E-state index contributed by atoms with van der Waals surface area (Å²) in [5.74, 6) is 1.32. The molecule has 0 aliphatic heterocycles. The van der Waals surface area contributed by atoms with Gasteiger partial charge >= 0.3 is 0 Å². The normalized spacial score (nSPS) is 17.6. The maximum absolute atomic E-state index is 6.21. The monoisotopic (exact) mass is 302 g/mol. The van der Waals surface area contributed by atoms with Gasteiger partial charge in [0.05, 0.1) is 5.02 Å². The Morgan fingerprint density at radius 3 is 3.00 bits per heavy atom. The topological polar surface area (TPSA) is 50.7 Å². The van der Waals surface area contributed by atoms with Crippen molar-refractivity contribution in [2.75, 3.05) is 13.6 Å². The molecule has 0 amide bonds. The van der Waals surface area contributed by atoms with E-state index in [1.807, 2.05) is 19.2 Å². The zero-order valence-electron chi connectivity index (χ0n) is 12.4. The second kappa shape index (κ2) is 6.08. The number of aryl methyl sites for hydroxylation is 2. The van der Waals surface area contributed by atoms with Gasteiger partial charge in [0.25, 0.3) is 0 Å². The van der Waals surface area contributed by atoms with Crippen LogP contribution in [-0.4, -0.2) is 28.5 Å². The summed E-state index contributed by atoms with van der Waals surface area (Å²) < 4.78 is 0. The van der Waals surface area contributed by atoms with Crippen LogP contribution in [0.4, 0.5) is 0 Å². The van der Waals surface area contributed by atoms with E-state index in [4.69, 9.17) is 16.6 Å². The number of nitrogens with one attached hydrogen (secondary N) is 1. The van der Waals surface area contributed by atoms with Crippen molar-refractivity contribution in [1.82, 2.24) is 20.3 Å². The Hall–Kier alpha value is -1.52. The van der Waals surface area contributed by atoms with Crippen LogP contribution in [0.3, 0.4) is 0 Å². The molecule has 1 unspecified atom stereocenters. The lowest BCUT2D eigenvalue weighted by molar-refractivity contribution is 0.433. The van der Waals surface area contributed by atoms with Crippen LogP contribution in [0.1, 0.15) is 23.4 Å². The summed E-state index contributed by atoms with van der Waals surface area (Å²) in [5.41, 5.74) is 4.18. The van der Waals surface area contributed by atoms with E-state index in [-0.39, 0.29) is 0 Å². The van der Waals surface area contributed by atoms with Gasteiger partial charge in [0.15, 0.2) is 5.82 Å². The lowest BCUT2D eigenvalue weighted by Gasteiger charge is -2.25. The van der Waals surface area contributed by atoms with E-state index in [9.17, 15) is 0 Å². The number of nitrogens with zero attached hydrogens (tertiary/aromatic N) is 3. The van der Waals surface area contributed by atoms with Crippen LogP contribution >= 0.6 is 11.6 Å². The molecule has 0 saturated carbocycles. The fraction of sp³-hybridized carbons (Fsp3) is 0.438. The van der Waals surface area contributed by atoms with Gasteiger partial charge in [0, 0.05) is 17.6 Å². The fourth-order valence-corrected chi connectivity index (χ4v) is 3.18. The van der Waals surface area contributed by atoms with Gasteiger partial charge in [-0.25, -0.2) is 9.97 Å². The number of halogens is 1. The van der Waals surface area contributed by atoms with Crippen LogP contribution in [0.5, 0.6) is 0 Å². The third-order valence-corrected chi connectivity index (χ3v) is 4.35. The minimum Gasteiger partial charge on any atom is -0.319 e. The summed E-state index contributed by atoms with van der Waals surface area (Å²) in [6.07, 6.45) is 4.95. The lowest BCUT2D eigenvalue weighted by atomic mass is 9.85. The molecule has 1 atom stereocenters. The van der Waals surface area contributed by atoms with Crippen molar-refractivity contribution in [2.24, 2.45) is 5.92 Å². The Balaban J connectivity index is 1.98. The SMILES string of the molecule is CNCC1CCc2nc(-c3ncccc3Cl)nc(C)c2C1. The summed E-state index contributed by atoms with van der Waals surface area (Å²) in [4.78, 5) is 13.7. The van der Waals surface area contributed by atoms with Gasteiger partial charge < -0.3 is 5.32 Å². The van der Waals surface area contributed by atoms with Crippen molar-refractivity contribution < 1.29 is 0 Å². The number of rotatable bonds is 3. The highest BCUT2D eigenvalue weighted by Gasteiger charge is 2.23. The maximum atomic E-state index is 6.21. The first-order valence-electron chi connectivity index (χ1n) is 7.31. The summed E-state index contributed by atoms with van der Waals surface area (Å²) in [5, 5.41) is 3.86. The Bertz CT molecular complexity index is 657. The molecule has 1 aliphatic carbocycles. The predicted molar refractivity (Wildman–Crippen MR) is 84.5 cm³/mol. The molecule has 1 N–H and O–H groups in total. The van der Waals surface area contributed by atoms with Gasteiger partial charge in [-0.2, -0.15) is 0 Å². The summed E-state index contributed by atoms with van der Waals surface area (Å²) >= 11 is 6.21. The number of pyridine rings is 1. The molecule has 110 valence electrons. The molecule has 3 rings (SSSR count). The van der Waals surface area contributed by atoms with Gasteiger partial charge in [-0.05, 0) is 63.4 Å². The average Bonchev–Trinajstić information content (AvgIpc) is 2.48. The number of hydrogen-bond donors (Lipinski definition) is 1. The average molecular weight is 303 g/mol. The molecular formula is C16H19ClN4. The third kappa shape index (κ3) is 2.92. The first-order valence-corrected chi connectivity index (χ1v) is 7.68. The number of fused-ring (bicyclic) bond motifs is 1. The Kier molecular flexibility index (Phi) is 4.17. The Morgan fingerprint density at radius 1 is 1.38 bits per heavy atom. The van der Waals surface area contributed by atoms with Crippen molar-refractivity contribution in [3.05, 3.63) is 40.3 Å². The van der Waals surface area contributed by atoms with Gasteiger partial charge in [-0.1, -0.05) is 11.6 Å². The second-order valence-corrected chi connectivity index (χ2v) is 5.97. The van der Waals surface area contributed by atoms with Crippen LogP contribution in [0.15, 0.2) is 18.3 Å². The highest BCUT2D eigenvalue weighted by Crippen LogP contribution is 2.29. The van der Waals surface area contributed by atoms with Crippen LogP contribution in [0.25, 0.3) is 11.5 Å². The zero-order valence-corrected chi connectivity index (χ0v) is 13.1. The molecule has 0 bridgehead atoms. The maximum Gasteiger partial charge on any atom is 0.180 e. The van der Waals surface area contributed by atoms with Crippen LogP contribution in [0, 0.1) is 12.8 Å². The van der Waals surface area contributed by atoms with Crippen molar-refractivity contribution >= 4 is 11.6 Å². The summed E-state index contributed by atoms with van der Waals surface area (Å²) in [6.45, 7) is 3.11. The largest absolute Gasteiger partial charge is 0.319 e. The summed E-state index contributed by atoms with van der Waals surface area (Å²) in [7, 11) is 2.01. The minimum absolute atomic E-state index is 0.598. The molecule has 21 heavy (non-hydrogen) atoms. The molecule has 4 nitrogen and oxygen atoms in total. The van der Waals surface area contributed by atoms with E-state index in [1.165, 1.54) is 12.0 Å². The highest BCUT2D eigenvalue weighted by atomic mass is 35.5. The van der Waals surface area contributed by atoms with Crippen molar-refractivity contribution in [1.29, 1.82) is 0 Å². The van der Waals surface area contributed by atoms with E-state index in [2.05, 4.69) is 22.2 Å². The highest BCUT2D eigenvalue weighted by molar-refractivity contribution is 6.32. The van der Waals surface area contributed by atoms with Crippen LogP contribution < -0.4 is 5.32 Å². The molecule has 1 aliphatic rings. The van der Waals surface area contributed by atoms with E-state index in [0.717, 1.165) is 30.8 Å². The van der Waals surface area contributed by atoms with E-state index in [0.29, 0.717) is 22.5 Å². The molecule has 0 radical (unpaired) electrons. The summed E-state index contributed by atoms with van der Waals surface area (Å²) in [6, 6.07) is 3.64. The van der Waals surface area contributed by atoms with Crippen molar-refractivity contribution in [2.45, 2.75) is 26.2 Å². The van der Waals surface area contributed by atoms with Gasteiger partial charge in [-0.15, -0.1) is 0 Å². The number of hydrogen-bond acceptors (Lipinski definition) is 4. The van der Waals surface area contributed by atoms with Gasteiger partial charge in [0.2, 0.25) is 0 Å². The molecule has 0 saturated heterocycles. The van der Waals surface area contributed by atoms with Crippen molar-refractivity contribution in [3.8, 4) is 11.5 Å². The Labute approximate surface area is 130 Å². The van der Waals surface area contributed by atoms with Crippen LogP contribution in [-0.2, 0) is 12.8 Å². The third-order valence-electron chi connectivity index (χ3n) is 4.04. The molecule has 2 aromatic rings. The minimum atomic E-state index is 0.598. The van der Waals surface area contributed by atoms with E-state index < -0.39 is 0 Å². The fourth-order valence-electron chi connectivity index (χ4n) is 2.98. The zero-order chi connectivity index (χ0) is 14.8. The first kappa shape index (κ1) is 14.4. The molecule has 0 fully saturated rings. The van der Waals surface area contributed by atoms with Crippen LogP contribution in [0.2, 0.25) is 5.02 Å². The molecule has 2 heterocycles. The molecule has 5 heteroatoms. The Morgan fingerprint density at radius 2 is 2.24 bits per heavy atom. The van der Waals surface area contributed by atoms with Gasteiger partial charge in [0.1, 0.15) is 5.69 Å². The second-order valence-electron chi connectivity index (χ2n) is 5.56. The van der Waals surface area contributed by atoms with Gasteiger partial charge in [-0.3, -0.25) is 4.98 Å². The van der Waals surface area contributed by atoms with Crippen molar-refractivity contribution in [3.63, 3.8) is 0 Å². The molecule has 2 aromatic heterocycles. The number of aromatic nitrogens is 3. The molecule has 0 aromatic carbocycles. The quantitative estimate of drug-likeness (QED) is 0.947. The lowest BCUT2D eigenvalue weighted by Crippen LogP contribution is -2.26. The standard InChI is InChI=1S/C16H19ClN4/c1-10-12-8-11(9-18-2)5-6-14(12)21-16(20-10)15-13(17)4-3-7-19-15/h3-4,7,11,18H,5-6,8-9H2,1-2H3. The smallest absolute Gasteiger partial charge is 0.180 e.